The van der Waals surface area contributed by atoms with E-state index in [1.807, 2.05) is 48.5 Å². The van der Waals surface area contributed by atoms with Crippen molar-refractivity contribution in [3.8, 4) is 16.9 Å². The largest absolute Gasteiger partial charge is 0.492 e. The van der Waals surface area contributed by atoms with Crippen molar-refractivity contribution >= 4 is 15.7 Å². The molecule has 0 saturated heterocycles. The zero-order valence-electron chi connectivity index (χ0n) is 14.2. The normalized spacial score (nSPS) is 12.3. The quantitative estimate of drug-likeness (QED) is 0.560. The molecule has 0 atom stereocenters. The van der Waals surface area contributed by atoms with Gasteiger partial charge in [0.2, 0.25) is 10.0 Å². The lowest BCUT2D eigenvalue weighted by molar-refractivity contribution is 0.341. The molecule has 1 N–H and O–H groups in total. The molecule has 0 saturated carbocycles. The van der Waals surface area contributed by atoms with Crippen molar-refractivity contribution in [3.05, 3.63) is 83.9 Å². The molecule has 0 fully saturated rings. The average molecular weight is 365 g/mol. The summed E-state index contributed by atoms with van der Waals surface area (Å²) in [6.07, 6.45) is 0.832. The van der Waals surface area contributed by atoms with Crippen molar-refractivity contribution in [1.82, 2.24) is 0 Å². The topological polar surface area (TPSA) is 55.4 Å². The van der Waals surface area contributed by atoms with Gasteiger partial charge < -0.3 is 4.74 Å². The molecule has 0 aromatic heterocycles. The van der Waals surface area contributed by atoms with E-state index in [9.17, 15) is 8.42 Å². The third kappa shape index (κ3) is 3.58. The highest BCUT2D eigenvalue weighted by Crippen LogP contribution is 2.37. The van der Waals surface area contributed by atoms with E-state index >= 15 is 0 Å². The second-order valence-corrected chi connectivity index (χ2v) is 8.13. The highest BCUT2D eigenvalue weighted by molar-refractivity contribution is 7.92. The zero-order valence-corrected chi connectivity index (χ0v) is 15.0. The number of anilines is 1. The second-order valence-electron chi connectivity index (χ2n) is 6.29. The Balaban J connectivity index is 1.42. The third-order valence-corrected chi connectivity index (χ3v) is 5.68. The first kappa shape index (κ1) is 16.7. The number of fused-ring (bicyclic) bond motifs is 3. The SMILES string of the molecule is O=S(=O)(CCOc1ccccc1)Nc1ccc2c(c1)Cc1ccccc1-2. The molecule has 1 aliphatic rings. The first-order chi connectivity index (χ1) is 12.6. The maximum atomic E-state index is 12.3. The van der Waals surface area contributed by atoms with Crippen LogP contribution in [0.1, 0.15) is 11.1 Å². The van der Waals surface area contributed by atoms with Crippen molar-refractivity contribution in [2.24, 2.45) is 0 Å². The molecule has 4 rings (SSSR count). The van der Waals surface area contributed by atoms with Crippen LogP contribution in [-0.2, 0) is 16.4 Å². The van der Waals surface area contributed by atoms with Crippen LogP contribution < -0.4 is 9.46 Å². The number of ether oxygens (including phenoxy) is 1. The van der Waals surface area contributed by atoms with Crippen LogP contribution in [0.25, 0.3) is 11.1 Å². The zero-order chi connectivity index (χ0) is 18.0. The smallest absolute Gasteiger partial charge is 0.236 e. The summed E-state index contributed by atoms with van der Waals surface area (Å²) in [5.74, 6) is 0.567. The maximum absolute atomic E-state index is 12.3. The Morgan fingerprint density at radius 2 is 1.58 bits per heavy atom. The van der Waals surface area contributed by atoms with Gasteiger partial charge in [0.25, 0.3) is 0 Å². The van der Waals surface area contributed by atoms with Gasteiger partial charge in [0.05, 0.1) is 0 Å². The molecule has 132 valence electrons. The third-order valence-electron chi connectivity index (χ3n) is 4.43. The Bertz CT molecular complexity index is 1030. The standard InChI is InChI=1S/C21H19NO3S/c23-26(24,13-12-25-19-7-2-1-3-8-19)22-18-10-11-21-17(15-18)14-16-6-4-5-9-20(16)21/h1-11,15,22H,12-14H2. The summed E-state index contributed by atoms with van der Waals surface area (Å²) in [6.45, 7) is 0.107. The minimum Gasteiger partial charge on any atom is -0.492 e. The Kier molecular flexibility index (Phi) is 4.39. The van der Waals surface area contributed by atoms with E-state index in [-0.39, 0.29) is 12.4 Å². The van der Waals surface area contributed by atoms with Crippen molar-refractivity contribution in [2.75, 3.05) is 17.1 Å². The molecule has 5 heteroatoms. The van der Waals surface area contributed by atoms with E-state index < -0.39 is 10.0 Å². The van der Waals surface area contributed by atoms with E-state index in [1.165, 1.54) is 16.7 Å². The minimum atomic E-state index is -3.46. The van der Waals surface area contributed by atoms with Crippen LogP contribution in [0.15, 0.2) is 72.8 Å². The number of benzene rings is 3. The van der Waals surface area contributed by atoms with Gasteiger partial charge >= 0.3 is 0 Å². The Hall–Kier alpha value is -2.79. The fourth-order valence-corrected chi connectivity index (χ4v) is 4.12. The fourth-order valence-electron chi connectivity index (χ4n) is 3.23. The van der Waals surface area contributed by atoms with E-state index in [2.05, 4.69) is 16.9 Å². The molecule has 0 amide bonds. The number of sulfonamides is 1. The van der Waals surface area contributed by atoms with Crippen LogP contribution >= 0.6 is 0 Å². The fraction of sp³-hybridized carbons (Fsp3) is 0.143. The number of para-hydroxylation sites is 1. The van der Waals surface area contributed by atoms with Crippen LogP contribution in [0.4, 0.5) is 5.69 Å². The van der Waals surface area contributed by atoms with Gasteiger partial charge in [-0.25, -0.2) is 8.42 Å². The van der Waals surface area contributed by atoms with Gasteiger partial charge in [0.15, 0.2) is 0 Å². The molecular formula is C21H19NO3S. The number of nitrogens with one attached hydrogen (secondary N) is 1. The van der Waals surface area contributed by atoms with E-state index in [0.717, 1.165) is 12.0 Å². The molecule has 1 aliphatic carbocycles. The van der Waals surface area contributed by atoms with Crippen LogP contribution in [0, 0.1) is 0 Å². The summed E-state index contributed by atoms with van der Waals surface area (Å²) in [5, 5.41) is 0. The molecule has 0 spiro atoms. The Morgan fingerprint density at radius 1 is 0.846 bits per heavy atom. The lowest BCUT2D eigenvalue weighted by Gasteiger charge is -2.10. The van der Waals surface area contributed by atoms with Gasteiger partial charge in [0.1, 0.15) is 18.1 Å². The van der Waals surface area contributed by atoms with Crippen molar-refractivity contribution in [3.63, 3.8) is 0 Å². The highest BCUT2D eigenvalue weighted by Gasteiger charge is 2.19. The maximum Gasteiger partial charge on any atom is 0.236 e. The summed E-state index contributed by atoms with van der Waals surface area (Å²) < 4.78 is 32.8. The number of hydrogen-bond acceptors (Lipinski definition) is 3. The molecular weight excluding hydrogens is 346 g/mol. The lowest BCUT2D eigenvalue weighted by atomic mass is 10.1. The molecule has 0 heterocycles. The Morgan fingerprint density at radius 3 is 2.42 bits per heavy atom. The summed E-state index contributed by atoms with van der Waals surface area (Å²) in [6, 6.07) is 23.2. The molecule has 4 nitrogen and oxygen atoms in total. The van der Waals surface area contributed by atoms with Crippen LogP contribution in [0.2, 0.25) is 0 Å². The average Bonchev–Trinajstić information content (AvgIpc) is 2.99. The summed E-state index contributed by atoms with van der Waals surface area (Å²) in [5.41, 5.74) is 5.42. The van der Waals surface area contributed by atoms with Gasteiger partial charge in [-0.05, 0) is 52.9 Å². The number of hydrogen-bond donors (Lipinski definition) is 1. The molecule has 0 unspecified atom stereocenters. The van der Waals surface area contributed by atoms with E-state index in [0.29, 0.717) is 11.4 Å². The van der Waals surface area contributed by atoms with E-state index in [4.69, 9.17) is 4.74 Å². The lowest BCUT2D eigenvalue weighted by Crippen LogP contribution is -2.21. The first-order valence-corrected chi connectivity index (χ1v) is 10.2. The van der Waals surface area contributed by atoms with Gasteiger partial charge in [-0.3, -0.25) is 4.72 Å². The Labute approximate surface area is 153 Å². The molecule has 3 aromatic rings. The predicted octanol–water partition coefficient (Wildman–Crippen LogP) is 4.08. The molecule has 3 aromatic carbocycles. The summed E-state index contributed by atoms with van der Waals surface area (Å²) in [4.78, 5) is 0. The van der Waals surface area contributed by atoms with E-state index in [1.54, 1.807) is 12.1 Å². The van der Waals surface area contributed by atoms with Crippen molar-refractivity contribution < 1.29 is 13.2 Å². The molecule has 0 bridgehead atoms. The minimum absolute atomic E-state index is 0.0980. The molecule has 26 heavy (non-hydrogen) atoms. The van der Waals surface area contributed by atoms with Gasteiger partial charge in [-0.2, -0.15) is 0 Å². The summed E-state index contributed by atoms with van der Waals surface area (Å²) in [7, 11) is -3.46. The first-order valence-electron chi connectivity index (χ1n) is 8.50. The molecule has 0 aliphatic heterocycles. The molecule has 0 radical (unpaired) electrons. The predicted molar refractivity (Wildman–Crippen MR) is 104 cm³/mol. The van der Waals surface area contributed by atoms with Crippen LogP contribution in [-0.4, -0.2) is 20.8 Å². The van der Waals surface area contributed by atoms with Crippen molar-refractivity contribution in [2.45, 2.75) is 6.42 Å². The van der Waals surface area contributed by atoms with Crippen LogP contribution in [0.5, 0.6) is 5.75 Å². The van der Waals surface area contributed by atoms with Crippen molar-refractivity contribution in [1.29, 1.82) is 0 Å². The van der Waals surface area contributed by atoms with Gasteiger partial charge in [-0.1, -0.05) is 48.5 Å². The number of rotatable bonds is 6. The summed E-state index contributed by atoms with van der Waals surface area (Å²) >= 11 is 0. The van der Waals surface area contributed by atoms with Gasteiger partial charge in [-0.15, -0.1) is 0 Å². The second kappa shape index (κ2) is 6.84. The highest BCUT2D eigenvalue weighted by atomic mass is 32.2. The van der Waals surface area contributed by atoms with Gasteiger partial charge in [0, 0.05) is 5.69 Å². The monoisotopic (exact) mass is 365 g/mol. The van der Waals surface area contributed by atoms with Crippen LogP contribution in [0.3, 0.4) is 0 Å².